The summed E-state index contributed by atoms with van der Waals surface area (Å²) in [7, 11) is 0. The molecule has 9 heteroatoms. The normalized spacial score (nSPS) is 11.4. The lowest BCUT2D eigenvalue weighted by atomic mass is 10.1. The van der Waals surface area contributed by atoms with Gasteiger partial charge < -0.3 is 24.9 Å². The predicted molar refractivity (Wildman–Crippen MR) is 87.1 cm³/mol. The van der Waals surface area contributed by atoms with Crippen LogP contribution >= 0.6 is 0 Å². The highest BCUT2D eigenvalue weighted by molar-refractivity contribution is 5.97. The molecule has 0 saturated carbocycles. The van der Waals surface area contributed by atoms with Crippen molar-refractivity contribution in [2.75, 3.05) is 13.6 Å². The standard InChI is InChI=1S/C16H16N4O5/c1-17-12-4-2-11(3-5-12)15(22)20-14(6-13-7-18-8-19-13)16(23)25-10-24-9-21/h1-5,7-8,14,21H,6,9-10H2,(H-,18,19,20,22)/p+1/t14-/m1/s1. The first-order chi connectivity index (χ1) is 12.1. The first-order valence-corrected chi connectivity index (χ1v) is 7.28. The van der Waals surface area contributed by atoms with E-state index in [9.17, 15) is 9.59 Å². The van der Waals surface area contributed by atoms with Gasteiger partial charge in [0, 0.05) is 36.0 Å². The number of nitrogens with zero attached hydrogens (tertiary/aromatic N) is 2. The van der Waals surface area contributed by atoms with E-state index in [-0.39, 0.29) is 6.42 Å². The van der Waals surface area contributed by atoms with E-state index in [1.807, 2.05) is 0 Å². The van der Waals surface area contributed by atoms with Crippen molar-refractivity contribution in [3.05, 3.63) is 52.9 Å². The molecule has 130 valence electrons. The Labute approximate surface area is 143 Å². The molecular weight excluding hydrogens is 328 g/mol. The van der Waals surface area contributed by atoms with Gasteiger partial charge >= 0.3 is 11.7 Å². The van der Waals surface area contributed by atoms with E-state index >= 15 is 0 Å². The molecule has 0 aliphatic carbocycles. The quantitative estimate of drug-likeness (QED) is 0.370. The van der Waals surface area contributed by atoms with Crippen LogP contribution in [0.25, 0.3) is 4.85 Å². The maximum atomic E-state index is 12.3. The number of amides is 1. The fraction of sp³-hybridized carbons (Fsp3) is 0.250. The number of aliphatic hydroxyl groups is 1. The Morgan fingerprint density at radius 2 is 2.12 bits per heavy atom. The zero-order valence-corrected chi connectivity index (χ0v) is 13.2. The maximum absolute atomic E-state index is 12.3. The van der Waals surface area contributed by atoms with Gasteiger partial charge in [-0.3, -0.25) is 4.79 Å². The van der Waals surface area contributed by atoms with E-state index in [0.29, 0.717) is 16.9 Å². The number of hydrogen-bond acceptors (Lipinski definition) is 6. The maximum Gasteiger partial charge on any atom is 0.339 e. The molecule has 0 bridgehead atoms. The van der Waals surface area contributed by atoms with Crippen LogP contribution in [0.1, 0.15) is 16.1 Å². The van der Waals surface area contributed by atoms with Gasteiger partial charge in [0.15, 0.2) is 6.79 Å². The molecule has 0 aliphatic rings. The fourth-order valence-electron chi connectivity index (χ4n) is 1.99. The molecule has 0 unspecified atom stereocenters. The molecule has 9 nitrogen and oxygen atoms in total. The number of ether oxygens (including phenoxy) is 2. The van der Waals surface area contributed by atoms with Gasteiger partial charge in [0.2, 0.25) is 0 Å². The second-order valence-corrected chi connectivity index (χ2v) is 4.90. The molecule has 2 rings (SSSR count). The number of carbonyl (C=O) groups excluding carboxylic acids is 2. The molecule has 2 aromatic rings. The first-order valence-electron chi connectivity index (χ1n) is 7.28. The Balaban J connectivity index is 2.06. The van der Waals surface area contributed by atoms with Gasteiger partial charge in [-0.25, -0.2) is 9.78 Å². The summed E-state index contributed by atoms with van der Waals surface area (Å²) in [4.78, 5) is 34.7. The van der Waals surface area contributed by atoms with Crippen molar-refractivity contribution in [2.45, 2.75) is 12.5 Å². The van der Waals surface area contributed by atoms with Crippen molar-refractivity contribution >= 4 is 17.6 Å². The molecule has 3 N–H and O–H groups in total. The van der Waals surface area contributed by atoms with Crippen molar-refractivity contribution in [2.24, 2.45) is 0 Å². The molecule has 1 heterocycles. The number of nitrogens with one attached hydrogen (secondary N) is 2. The van der Waals surface area contributed by atoms with E-state index in [0.717, 1.165) is 0 Å². The van der Waals surface area contributed by atoms with Crippen molar-refractivity contribution in [1.82, 2.24) is 15.3 Å². The van der Waals surface area contributed by atoms with Crippen LogP contribution in [0.2, 0.25) is 0 Å². The molecular formula is C16H17N4O5+. The second kappa shape index (κ2) is 9.17. The zero-order valence-electron chi connectivity index (χ0n) is 13.2. The number of imidazole rings is 1. The fourth-order valence-corrected chi connectivity index (χ4v) is 1.99. The van der Waals surface area contributed by atoms with Crippen LogP contribution < -0.4 is 5.32 Å². The van der Waals surface area contributed by atoms with Crippen LogP contribution in [-0.4, -0.2) is 46.6 Å². The van der Waals surface area contributed by atoms with Crippen molar-refractivity contribution in [3.63, 3.8) is 0 Å². The number of H-pyrrole nitrogens is 1. The number of hydrogen-bond donors (Lipinski definition) is 3. The van der Waals surface area contributed by atoms with E-state index in [1.54, 1.807) is 12.1 Å². The lowest BCUT2D eigenvalue weighted by Gasteiger charge is -2.17. The van der Waals surface area contributed by atoms with Gasteiger partial charge in [0.25, 0.3) is 12.5 Å². The summed E-state index contributed by atoms with van der Waals surface area (Å²) in [6.45, 7) is 4.16. The van der Waals surface area contributed by atoms with E-state index in [4.69, 9.17) is 16.4 Å². The van der Waals surface area contributed by atoms with Crippen LogP contribution in [-0.2, 0) is 20.7 Å². The summed E-state index contributed by atoms with van der Waals surface area (Å²) in [6.07, 6.45) is 3.15. The van der Waals surface area contributed by atoms with Crippen LogP contribution in [0.3, 0.4) is 0 Å². The first kappa shape index (κ1) is 18.1. The summed E-state index contributed by atoms with van der Waals surface area (Å²) in [6, 6.07) is 5.26. The largest absolute Gasteiger partial charge is 0.437 e. The lowest BCUT2D eigenvalue weighted by Crippen LogP contribution is -2.43. The van der Waals surface area contributed by atoms with Gasteiger partial charge in [-0.15, -0.1) is 0 Å². The third-order valence-corrected chi connectivity index (χ3v) is 3.22. The minimum Gasteiger partial charge on any atom is -0.437 e. The molecule has 1 atom stereocenters. The van der Waals surface area contributed by atoms with Crippen LogP contribution in [0, 0.1) is 6.57 Å². The Morgan fingerprint density at radius 1 is 1.36 bits per heavy atom. The van der Waals surface area contributed by atoms with Crippen LogP contribution in [0.4, 0.5) is 5.69 Å². The van der Waals surface area contributed by atoms with E-state index < -0.39 is 31.5 Å². The second-order valence-electron chi connectivity index (χ2n) is 4.90. The molecule has 0 aliphatic heterocycles. The van der Waals surface area contributed by atoms with Crippen molar-refractivity contribution in [3.8, 4) is 6.57 Å². The minimum absolute atomic E-state index is 0.153. The van der Waals surface area contributed by atoms with Gasteiger partial charge in [-0.05, 0) is 17.0 Å². The van der Waals surface area contributed by atoms with Gasteiger partial charge in [-0.1, -0.05) is 0 Å². The minimum atomic E-state index is -0.964. The number of aliphatic hydroxyl groups excluding tert-OH is 1. The Morgan fingerprint density at radius 3 is 2.72 bits per heavy atom. The van der Waals surface area contributed by atoms with Crippen LogP contribution in [0.15, 0.2) is 36.8 Å². The summed E-state index contributed by atoms with van der Waals surface area (Å²) in [5.41, 5.74) is 1.50. The highest BCUT2D eigenvalue weighted by atomic mass is 16.7. The van der Waals surface area contributed by atoms with E-state index in [2.05, 4.69) is 24.9 Å². The number of aromatic nitrogens is 2. The van der Waals surface area contributed by atoms with Crippen LogP contribution in [0.5, 0.6) is 0 Å². The average Bonchev–Trinajstić information content (AvgIpc) is 3.14. The smallest absolute Gasteiger partial charge is 0.339 e. The highest BCUT2D eigenvalue weighted by Crippen LogP contribution is 2.13. The topological polar surface area (TPSA) is 118 Å². The lowest BCUT2D eigenvalue weighted by molar-refractivity contribution is -0.165. The highest BCUT2D eigenvalue weighted by Gasteiger charge is 2.24. The summed E-state index contributed by atoms with van der Waals surface area (Å²) in [5, 5.41) is 11.1. The molecule has 0 spiro atoms. The van der Waals surface area contributed by atoms with Gasteiger partial charge in [-0.2, -0.15) is 0 Å². The Bertz CT molecular complexity index is 737. The van der Waals surface area contributed by atoms with E-state index in [1.165, 1.54) is 24.7 Å². The zero-order chi connectivity index (χ0) is 18.1. The Kier molecular flexibility index (Phi) is 6.65. The average molecular weight is 345 g/mol. The number of carbonyl (C=O) groups is 2. The number of benzene rings is 1. The molecule has 1 aromatic carbocycles. The summed E-state index contributed by atoms with van der Waals surface area (Å²) in [5.74, 6) is -1.17. The molecule has 1 amide bonds. The van der Waals surface area contributed by atoms with Crippen molar-refractivity contribution < 1.29 is 24.2 Å². The predicted octanol–water partition coefficient (Wildman–Crippen LogP) is 0.812. The third kappa shape index (κ3) is 5.42. The molecule has 1 aromatic heterocycles. The monoisotopic (exact) mass is 345 g/mol. The summed E-state index contributed by atoms with van der Waals surface area (Å²) < 4.78 is 9.43. The van der Waals surface area contributed by atoms with Gasteiger partial charge in [0.1, 0.15) is 12.8 Å². The molecule has 0 radical (unpaired) electrons. The third-order valence-electron chi connectivity index (χ3n) is 3.22. The SMILES string of the molecule is C#[N+]c1ccc(C(=O)N[C@H](Cc2cnc[nH]2)C(=O)OCOCO)cc1. The Hall–Kier alpha value is -3.22. The molecule has 0 fully saturated rings. The number of esters is 1. The molecule has 25 heavy (non-hydrogen) atoms. The van der Waals surface area contributed by atoms with Gasteiger partial charge in [0.05, 0.1) is 6.33 Å². The van der Waals surface area contributed by atoms with Crippen molar-refractivity contribution in [1.29, 1.82) is 0 Å². The summed E-state index contributed by atoms with van der Waals surface area (Å²) >= 11 is 0. The molecule has 0 saturated heterocycles. The number of rotatable bonds is 8. The number of aromatic amines is 1.